The molecule has 1 atom stereocenters. The van der Waals surface area contributed by atoms with Crippen LogP contribution in [0.2, 0.25) is 0 Å². The van der Waals surface area contributed by atoms with Gasteiger partial charge in [0.25, 0.3) is 0 Å². The van der Waals surface area contributed by atoms with Gasteiger partial charge in [-0.05, 0) is 47.5 Å². The van der Waals surface area contributed by atoms with E-state index in [0.717, 1.165) is 23.1 Å². The summed E-state index contributed by atoms with van der Waals surface area (Å²) in [6.07, 6.45) is 2.35. The topological polar surface area (TPSA) is 33.0 Å². The molecule has 0 saturated carbocycles. The molecule has 0 aromatic heterocycles. The van der Waals surface area contributed by atoms with Crippen molar-refractivity contribution >= 4 is 15.9 Å². The molecule has 0 saturated heterocycles. The first kappa shape index (κ1) is 12.1. The monoisotopic (exact) mass is 267 g/mol. The molecule has 1 unspecified atom stereocenters. The van der Waals surface area contributed by atoms with Gasteiger partial charge in [-0.2, -0.15) is 5.26 Å². The second-order valence-corrected chi connectivity index (χ2v) is 4.33. The Kier molecular flexibility index (Phi) is 4.64. The van der Waals surface area contributed by atoms with E-state index in [4.69, 9.17) is 10.00 Å². The average molecular weight is 268 g/mol. The third-order valence-corrected chi connectivity index (χ3v) is 2.70. The molecule has 0 spiro atoms. The summed E-state index contributed by atoms with van der Waals surface area (Å²) in [5.41, 5.74) is 0.636. The summed E-state index contributed by atoms with van der Waals surface area (Å²) in [7, 11) is 0. The molecule has 0 bridgehead atoms. The van der Waals surface area contributed by atoms with Gasteiger partial charge in [-0.25, -0.2) is 0 Å². The third-order valence-electron chi connectivity index (χ3n) is 2.08. The van der Waals surface area contributed by atoms with Gasteiger partial charge in [0.1, 0.15) is 5.75 Å². The Morgan fingerprint density at radius 2 is 2.27 bits per heavy atom. The first-order valence-electron chi connectivity index (χ1n) is 5.03. The van der Waals surface area contributed by atoms with Crippen LogP contribution in [-0.4, -0.2) is 6.10 Å². The highest BCUT2D eigenvalue weighted by atomic mass is 79.9. The minimum Gasteiger partial charge on any atom is -0.490 e. The molecule has 0 N–H and O–H groups in total. The van der Waals surface area contributed by atoms with E-state index in [2.05, 4.69) is 28.9 Å². The Morgan fingerprint density at radius 1 is 1.53 bits per heavy atom. The Labute approximate surface area is 99.0 Å². The molecular weight excluding hydrogens is 254 g/mol. The van der Waals surface area contributed by atoms with Crippen LogP contribution in [0.25, 0.3) is 0 Å². The standard InChI is InChI=1S/C12H14BrNO/c1-3-4-9(2)15-12-6-5-10(8-14)7-11(12)13/h5-7,9H,3-4H2,1-2H3. The van der Waals surface area contributed by atoms with Crippen LogP contribution in [0.5, 0.6) is 5.75 Å². The molecule has 2 nitrogen and oxygen atoms in total. The normalized spacial score (nSPS) is 11.9. The minimum absolute atomic E-state index is 0.208. The smallest absolute Gasteiger partial charge is 0.133 e. The van der Waals surface area contributed by atoms with Crippen molar-refractivity contribution in [3.8, 4) is 11.8 Å². The molecule has 1 aromatic carbocycles. The van der Waals surface area contributed by atoms with Crippen molar-refractivity contribution in [1.82, 2.24) is 0 Å². The summed E-state index contributed by atoms with van der Waals surface area (Å²) < 4.78 is 6.57. The Balaban J connectivity index is 2.74. The number of ether oxygens (including phenoxy) is 1. The van der Waals surface area contributed by atoms with Crippen molar-refractivity contribution < 1.29 is 4.74 Å². The van der Waals surface area contributed by atoms with E-state index >= 15 is 0 Å². The number of hydrogen-bond acceptors (Lipinski definition) is 2. The zero-order chi connectivity index (χ0) is 11.3. The fourth-order valence-corrected chi connectivity index (χ4v) is 1.82. The zero-order valence-corrected chi connectivity index (χ0v) is 10.5. The second kappa shape index (κ2) is 5.77. The largest absolute Gasteiger partial charge is 0.490 e. The van der Waals surface area contributed by atoms with E-state index in [9.17, 15) is 0 Å². The molecule has 0 radical (unpaired) electrons. The van der Waals surface area contributed by atoms with Gasteiger partial charge in [0.15, 0.2) is 0 Å². The second-order valence-electron chi connectivity index (χ2n) is 3.47. The van der Waals surface area contributed by atoms with Crippen molar-refractivity contribution in [2.75, 3.05) is 0 Å². The highest BCUT2D eigenvalue weighted by molar-refractivity contribution is 9.10. The predicted octanol–water partition coefficient (Wildman–Crippen LogP) is 3.89. The molecule has 3 heteroatoms. The van der Waals surface area contributed by atoms with E-state index in [0.29, 0.717) is 5.56 Å². The third kappa shape index (κ3) is 3.56. The summed E-state index contributed by atoms with van der Waals surface area (Å²) in [6.45, 7) is 4.18. The Hall–Kier alpha value is -1.01. The first-order chi connectivity index (χ1) is 7.17. The number of hydrogen-bond donors (Lipinski definition) is 0. The number of nitriles is 1. The fourth-order valence-electron chi connectivity index (χ4n) is 1.35. The van der Waals surface area contributed by atoms with E-state index in [-0.39, 0.29) is 6.10 Å². The fraction of sp³-hybridized carbons (Fsp3) is 0.417. The van der Waals surface area contributed by atoms with Crippen molar-refractivity contribution in [2.24, 2.45) is 0 Å². The highest BCUT2D eigenvalue weighted by Crippen LogP contribution is 2.27. The van der Waals surface area contributed by atoms with Crippen LogP contribution in [0.1, 0.15) is 32.3 Å². The lowest BCUT2D eigenvalue weighted by Gasteiger charge is -2.14. The number of halogens is 1. The van der Waals surface area contributed by atoms with Gasteiger partial charge in [0.2, 0.25) is 0 Å². The summed E-state index contributed by atoms with van der Waals surface area (Å²) >= 11 is 3.39. The molecular formula is C12H14BrNO. The predicted molar refractivity (Wildman–Crippen MR) is 63.9 cm³/mol. The molecule has 0 fully saturated rings. The molecule has 0 heterocycles. The molecule has 0 aliphatic rings. The highest BCUT2D eigenvalue weighted by Gasteiger charge is 2.06. The Morgan fingerprint density at radius 3 is 2.80 bits per heavy atom. The lowest BCUT2D eigenvalue weighted by atomic mass is 10.2. The van der Waals surface area contributed by atoms with Crippen LogP contribution in [0.3, 0.4) is 0 Å². The maximum absolute atomic E-state index is 8.71. The van der Waals surface area contributed by atoms with E-state index in [1.165, 1.54) is 0 Å². The maximum atomic E-state index is 8.71. The van der Waals surface area contributed by atoms with Crippen LogP contribution in [0.15, 0.2) is 22.7 Å². The van der Waals surface area contributed by atoms with Gasteiger partial charge in [-0.1, -0.05) is 13.3 Å². The van der Waals surface area contributed by atoms with E-state index < -0.39 is 0 Å². The van der Waals surface area contributed by atoms with E-state index in [1.807, 2.05) is 13.0 Å². The van der Waals surface area contributed by atoms with Crippen LogP contribution >= 0.6 is 15.9 Å². The van der Waals surface area contributed by atoms with Crippen molar-refractivity contribution in [3.05, 3.63) is 28.2 Å². The zero-order valence-electron chi connectivity index (χ0n) is 8.96. The van der Waals surface area contributed by atoms with Gasteiger partial charge >= 0.3 is 0 Å². The maximum Gasteiger partial charge on any atom is 0.133 e. The molecule has 0 aliphatic heterocycles. The first-order valence-corrected chi connectivity index (χ1v) is 5.83. The van der Waals surface area contributed by atoms with Gasteiger partial charge in [-0.15, -0.1) is 0 Å². The molecule has 1 aromatic rings. The molecule has 15 heavy (non-hydrogen) atoms. The van der Waals surface area contributed by atoms with Gasteiger partial charge in [0.05, 0.1) is 22.2 Å². The van der Waals surface area contributed by atoms with Crippen LogP contribution in [0, 0.1) is 11.3 Å². The average Bonchev–Trinajstić information content (AvgIpc) is 2.21. The summed E-state index contributed by atoms with van der Waals surface area (Å²) in [5, 5.41) is 8.71. The van der Waals surface area contributed by atoms with Gasteiger partial charge in [-0.3, -0.25) is 0 Å². The van der Waals surface area contributed by atoms with Gasteiger partial charge in [0, 0.05) is 0 Å². The quantitative estimate of drug-likeness (QED) is 0.829. The van der Waals surface area contributed by atoms with E-state index in [1.54, 1.807) is 12.1 Å². The molecule has 0 amide bonds. The lowest BCUT2D eigenvalue weighted by molar-refractivity contribution is 0.208. The molecule has 1 rings (SSSR count). The lowest BCUT2D eigenvalue weighted by Crippen LogP contribution is -2.11. The van der Waals surface area contributed by atoms with Crippen molar-refractivity contribution in [3.63, 3.8) is 0 Å². The van der Waals surface area contributed by atoms with Crippen LogP contribution in [-0.2, 0) is 0 Å². The molecule has 0 aliphatic carbocycles. The van der Waals surface area contributed by atoms with Crippen molar-refractivity contribution in [2.45, 2.75) is 32.8 Å². The van der Waals surface area contributed by atoms with Crippen LogP contribution in [0.4, 0.5) is 0 Å². The van der Waals surface area contributed by atoms with Crippen molar-refractivity contribution in [1.29, 1.82) is 5.26 Å². The summed E-state index contributed by atoms with van der Waals surface area (Å²) in [5.74, 6) is 0.801. The number of rotatable bonds is 4. The van der Waals surface area contributed by atoms with Gasteiger partial charge < -0.3 is 4.74 Å². The minimum atomic E-state index is 0.208. The molecule has 80 valence electrons. The number of benzene rings is 1. The Bertz CT molecular complexity index is 370. The number of nitrogens with zero attached hydrogens (tertiary/aromatic N) is 1. The summed E-state index contributed by atoms with van der Waals surface area (Å²) in [4.78, 5) is 0. The summed E-state index contributed by atoms with van der Waals surface area (Å²) in [6, 6.07) is 7.45. The van der Waals surface area contributed by atoms with Crippen LogP contribution < -0.4 is 4.74 Å². The SMILES string of the molecule is CCCC(C)Oc1ccc(C#N)cc1Br.